The Morgan fingerprint density at radius 1 is 1.04 bits per heavy atom. The van der Waals surface area contributed by atoms with E-state index in [0.717, 1.165) is 32.7 Å². The van der Waals surface area contributed by atoms with Gasteiger partial charge in [-0.3, -0.25) is 14.6 Å². The highest BCUT2D eigenvalue weighted by atomic mass is 16.3. The Balaban J connectivity index is 1.51. The molecule has 1 amide bonds. The third-order valence-electron chi connectivity index (χ3n) is 4.91. The highest BCUT2D eigenvalue weighted by Crippen LogP contribution is 2.18. The molecule has 0 bridgehead atoms. The average Bonchev–Trinajstić information content (AvgIpc) is 2.64. The molecule has 1 saturated heterocycles. The lowest BCUT2D eigenvalue weighted by Gasteiger charge is -2.37. The highest BCUT2D eigenvalue weighted by molar-refractivity contribution is 6.05. The molecule has 0 radical (unpaired) electrons. The van der Waals surface area contributed by atoms with Crippen LogP contribution in [0.25, 0.3) is 0 Å². The van der Waals surface area contributed by atoms with E-state index in [2.05, 4.69) is 15.1 Å². The average molecular weight is 383 g/mol. The molecule has 3 rings (SSSR count). The molecule has 1 heterocycles. The van der Waals surface area contributed by atoms with E-state index in [1.165, 1.54) is 5.56 Å². The van der Waals surface area contributed by atoms with E-state index in [-0.39, 0.29) is 5.91 Å². The van der Waals surface area contributed by atoms with E-state index in [1.54, 1.807) is 12.1 Å². The minimum absolute atomic E-state index is 0.162. The minimum Gasteiger partial charge on any atom is -0.397 e. The molecule has 0 aromatic heterocycles. The first-order chi connectivity index (χ1) is 13.3. The van der Waals surface area contributed by atoms with Crippen LogP contribution in [0.2, 0.25) is 0 Å². The van der Waals surface area contributed by atoms with Crippen LogP contribution in [0.1, 0.15) is 29.8 Å². The lowest BCUT2D eigenvalue weighted by atomic mass is 10.1. The summed E-state index contributed by atoms with van der Waals surface area (Å²) < 4.78 is 0. The van der Waals surface area contributed by atoms with E-state index < -0.39 is 5.60 Å². The van der Waals surface area contributed by atoms with Gasteiger partial charge in [-0.15, -0.1) is 0 Å². The molecule has 0 saturated carbocycles. The maximum Gasteiger partial charge on any atom is 0.255 e. The molecular weight excluding hydrogens is 352 g/mol. The van der Waals surface area contributed by atoms with Crippen molar-refractivity contribution in [2.24, 2.45) is 0 Å². The summed E-state index contributed by atoms with van der Waals surface area (Å²) in [5.41, 5.74) is 8.21. The molecule has 150 valence electrons. The number of nitrogens with zero attached hydrogens (tertiary/aromatic N) is 2. The lowest BCUT2D eigenvalue weighted by Crippen LogP contribution is -2.50. The van der Waals surface area contributed by atoms with E-state index in [1.807, 2.05) is 50.2 Å². The Morgan fingerprint density at radius 2 is 1.64 bits per heavy atom. The van der Waals surface area contributed by atoms with Gasteiger partial charge in [0.25, 0.3) is 5.91 Å². The summed E-state index contributed by atoms with van der Waals surface area (Å²) in [6.07, 6.45) is 0. The van der Waals surface area contributed by atoms with E-state index >= 15 is 0 Å². The predicted molar refractivity (Wildman–Crippen MR) is 113 cm³/mol. The molecule has 4 N–H and O–H groups in total. The molecule has 2 aromatic rings. The number of β-amino-alcohol motifs (C(OH)–C–C–N with tert-alkyl or cyclic N) is 1. The van der Waals surface area contributed by atoms with E-state index in [0.29, 0.717) is 23.5 Å². The predicted octanol–water partition coefficient (Wildman–Crippen LogP) is 2.41. The van der Waals surface area contributed by atoms with Crippen molar-refractivity contribution < 1.29 is 9.90 Å². The Hall–Kier alpha value is -2.41. The van der Waals surface area contributed by atoms with Crippen molar-refractivity contribution >= 4 is 17.3 Å². The summed E-state index contributed by atoms with van der Waals surface area (Å²) in [7, 11) is 0. The number of aliphatic hydroxyl groups is 1. The third kappa shape index (κ3) is 5.79. The number of nitrogen functional groups attached to an aromatic ring is 1. The first-order valence-electron chi connectivity index (χ1n) is 9.72. The first-order valence-corrected chi connectivity index (χ1v) is 9.72. The van der Waals surface area contributed by atoms with Gasteiger partial charge < -0.3 is 16.2 Å². The van der Waals surface area contributed by atoms with Gasteiger partial charge in [0.1, 0.15) is 0 Å². The zero-order valence-electron chi connectivity index (χ0n) is 16.7. The van der Waals surface area contributed by atoms with Crippen LogP contribution in [0.4, 0.5) is 11.4 Å². The van der Waals surface area contributed by atoms with Gasteiger partial charge in [-0.25, -0.2) is 0 Å². The minimum atomic E-state index is -0.650. The van der Waals surface area contributed by atoms with Crippen molar-refractivity contribution in [1.82, 2.24) is 9.80 Å². The second kappa shape index (κ2) is 8.73. The zero-order chi connectivity index (χ0) is 20.1. The van der Waals surface area contributed by atoms with Crippen LogP contribution >= 0.6 is 0 Å². The van der Waals surface area contributed by atoms with Crippen LogP contribution in [0, 0.1) is 0 Å². The van der Waals surface area contributed by atoms with E-state index in [4.69, 9.17) is 5.73 Å². The number of hydrogen-bond donors (Lipinski definition) is 3. The number of amides is 1. The van der Waals surface area contributed by atoms with Gasteiger partial charge in [-0.2, -0.15) is 0 Å². The van der Waals surface area contributed by atoms with Crippen LogP contribution in [0.5, 0.6) is 0 Å². The fourth-order valence-corrected chi connectivity index (χ4v) is 3.48. The normalized spacial score (nSPS) is 16.1. The second-order valence-corrected chi connectivity index (χ2v) is 8.10. The summed E-state index contributed by atoms with van der Waals surface area (Å²) >= 11 is 0. The van der Waals surface area contributed by atoms with Crippen molar-refractivity contribution in [3.8, 4) is 0 Å². The molecule has 2 aromatic carbocycles. The number of para-hydroxylation sites is 2. The molecular formula is C22H30N4O2. The summed E-state index contributed by atoms with van der Waals surface area (Å²) in [5, 5.41) is 12.8. The van der Waals surface area contributed by atoms with Gasteiger partial charge in [0.05, 0.1) is 17.0 Å². The Kier molecular flexibility index (Phi) is 6.34. The van der Waals surface area contributed by atoms with Gasteiger partial charge in [0.15, 0.2) is 0 Å². The smallest absolute Gasteiger partial charge is 0.255 e. The van der Waals surface area contributed by atoms with Gasteiger partial charge in [0, 0.05) is 44.8 Å². The first kappa shape index (κ1) is 20.3. The molecule has 1 aliphatic heterocycles. The van der Waals surface area contributed by atoms with Gasteiger partial charge in [-0.1, -0.05) is 24.3 Å². The number of piperazine rings is 1. The van der Waals surface area contributed by atoms with Crippen LogP contribution < -0.4 is 11.1 Å². The number of carbonyl (C=O) groups excluding carboxylic acids is 1. The number of anilines is 2. The molecule has 0 spiro atoms. The molecule has 6 nitrogen and oxygen atoms in total. The summed E-state index contributed by atoms with van der Waals surface area (Å²) in [5.74, 6) is -0.162. The number of nitrogens with two attached hydrogens (primary N) is 1. The largest absolute Gasteiger partial charge is 0.397 e. The Morgan fingerprint density at radius 3 is 2.25 bits per heavy atom. The fraction of sp³-hybridized carbons (Fsp3) is 0.409. The number of nitrogens with one attached hydrogen (secondary N) is 1. The zero-order valence-corrected chi connectivity index (χ0v) is 16.7. The third-order valence-corrected chi connectivity index (χ3v) is 4.91. The van der Waals surface area contributed by atoms with Crippen LogP contribution in [0.3, 0.4) is 0 Å². The number of benzene rings is 2. The standard InChI is InChI=1S/C22H30N4O2/c1-22(2,28)16-26-13-11-25(12-14-26)15-17-7-9-18(10-8-17)21(27)24-20-6-4-3-5-19(20)23/h3-10,28H,11-16,23H2,1-2H3,(H,24,27). The highest BCUT2D eigenvalue weighted by Gasteiger charge is 2.22. The quantitative estimate of drug-likeness (QED) is 0.669. The number of rotatable bonds is 6. The molecule has 0 atom stereocenters. The Labute approximate surface area is 166 Å². The second-order valence-electron chi connectivity index (χ2n) is 8.10. The van der Waals surface area contributed by atoms with Crippen molar-refractivity contribution in [3.05, 3.63) is 59.7 Å². The molecule has 6 heteroatoms. The van der Waals surface area contributed by atoms with Crippen LogP contribution in [-0.2, 0) is 6.54 Å². The summed E-state index contributed by atoms with van der Waals surface area (Å²) in [4.78, 5) is 17.1. The van der Waals surface area contributed by atoms with Crippen molar-refractivity contribution in [2.75, 3.05) is 43.8 Å². The van der Waals surface area contributed by atoms with E-state index in [9.17, 15) is 9.90 Å². The van der Waals surface area contributed by atoms with Gasteiger partial charge in [-0.05, 0) is 43.7 Å². The Bertz CT molecular complexity index is 791. The molecule has 0 unspecified atom stereocenters. The lowest BCUT2D eigenvalue weighted by molar-refractivity contribution is 0.0167. The van der Waals surface area contributed by atoms with Gasteiger partial charge >= 0.3 is 0 Å². The molecule has 1 fully saturated rings. The maximum atomic E-state index is 12.4. The molecule has 1 aliphatic rings. The van der Waals surface area contributed by atoms with Gasteiger partial charge in [0.2, 0.25) is 0 Å². The summed E-state index contributed by atoms with van der Waals surface area (Å²) in [6.45, 7) is 9.15. The molecule has 0 aliphatic carbocycles. The number of hydrogen-bond acceptors (Lipinski definition) is 5. The number of carbonyl (C=O) groups is 1. The summed E-state index contributed by atoms with van der Waals surface area (Å²) in [6, 6.07) is 15.0. The SMILES string of the molecule is CC(C)(O)CN1CCN(Cc2ccc(C(=O)Nc3ccccc3N)cc2)CC1. The van der Waals surface area contributed by atoms with Crippen molar-refractivity contribution in [1.29, 1.82) is 0 Å². The van der Waals surface area contributed by atoms with Crippen LogP contribution in [-0.4, -0.2) is 59.1 Å². The maximum absolute atomic E-state index is 12.4. The van der Waals surface area contributed by atoms with Crippen molar-refractivity contribution in [3.63, 3.8) is 0 Å². The monoisotopic (exact) mass is 382 g/mol. The van der Waals surface area contributed by atoms with Crippen LogP contribution in [0.15, 0.2) is 48.5 Å². The molecule has 28 heavy (non-hydrogen) atoms. The topological polar surface area (TPSA) is 81.8 Å². The fourth-order valence-electron chi connectivity index (χ4n) is 3.48. The van der Waals surface area contributed by atoms with Crippen molar-refractivity contribution in [2.45, 2.75) is 26.0 Å².